The summed E-state index contributed by atoms with van der Waals surface area (Å²) in [6.45, 7) is 1.82. The van der Waals surface area contributed by atoms with E-state index in [2.05, 4.69) is 5.32 Å². The van der Waals surface area contributed by atoms with E-state index in [1.807, 2.05) is 6.92 Å². The second-order valence-electron chi connectivity index (χ2n) is 5.00. The third kappa shape index (κ3) is 2.52. The molecule has 0 bridgehead atoms. The van der Waals surface area contributed by atoms with E-state index in [9.17, 15) is 20.0 Å². The van der Waals surface area contributed by atoms with Crippen molar-refractivity contribution in [3.05, 3.63) is 33.9 Å². The van der Waals surface area contributed by atoms with Gasteiger partial charge in [0.15, 0.2) is 0 Å². The maximum absolute atomic E-state index is 11.5. The molecule has 1 fully saturated rings. The lowest BCUT2D eigenvalue weighted by atomic mass is 9.97. The number of anilines is 1. The Kier molecular flexibility index (Phi) is 3.42. The minimum atomic E-state index is -1.07. The number of carboxylic acid groups (broad SMARTS) is 1. The van der Waals surface area contributed by atoms with E-state index in [0.717, 1.165) is 18.4 Å². The maximum atomic E-state index is 11.5. The van der Waals surface area contributed by atoms with Crippen LogP contribution in [0.5, 0.6) is 0 Å². The maximum Gasteiger partial charge on any atom is 0.329 e. The number of nitro benzene ring substituents is 1. The van der Waals surface area contributed by atoms with Gasteiger partial charge in [0.05, 0.1) is 4.92 Å². The zero-order chi connectivity index (χ0) is 14.0. The normalized spacial score (nSPS) is 17.1. The average molecular weight is 264 g/mol. The van der Waals surface area contributed by atoms with E-state index in [1.165, 1.54) is 6.07 Å². The topological polar surface area (TPSA) is 92.5 Å². The van der Waals surface area contributed by atoms with Crippen molar-refractivity contribution in [3.63, 3.8) is 0 Å². The van der Waals surface area contributed by atoms with Crippen molar-refractivity contribution in [3.8, 4) is 0 Å². The Morgan fingerprint density at radius 2 is 2.05 bits per heavy atom. The van der Waals surface area contributed by atoms with E-state index in [0.29, 0.717) is 12.8 Å². The zero-order valence-electron chi connectivity index (χ0n) is 10.7. The van der Waals surface area contributed by atoms with Crippen molar-refractivity contribution in [2.45, 2.75) is 38.1 Å². The number of hydrogen-bond donors (Lipinski definition) is 2. The highest BCUT2D eigenvalue weighted by atomic mass is 16.6. The van der Waals surface area contributed by atoms with Crippen LogP contribution in [0.1, 0.15) is 31.2 Å². The molecule has 0 unspecified atom stereocenters. The minimum absolute atomic E-state index is 0.0851. The average Bonchev–Trinajstić information content (AvgIpc) is 2.78. The predicted molar refractivity (Wildman–Crippen MR) is 70.3 cm³/mol. The van der Waals surface area contributed by atoms with Gasteiger partial charge in [0.25, 0.3) is 5.69 Å². The van der Waals surface area contributed by atoms with Gasteiger partial charge >= 0.3 is 5.97 Å². The first-order valence-electron chi connectivity index (χ1n) is 6.21. The molecule has 0 aromatic heterocycles. The fourth-order valence-corrected chi connectivity index (χ4v) is 2.54. The number of nitro groups is 1. The van der Waals surface area contributed by atoms with Gasteiger partial charge < -0.3 is 10.4 Å². The monoisotopic (exact) mass is 264 g/mol. The Hall–Kier alpha value is -2.11. The lowest BCUT2D eigenvalue weighted by Gasteiger charge is -2.26. The SMILES string of the molecule is Cc1ccc([N+](=O)[O-])c(NC2(C(=O)O)CCCC2)c1. The Labute approximate surface area is 110 Å². The van der Waals surface area contributed by atoms with Gasteiger partial charge in [-0.15, -0.1) is 0 Å². The number of carboxylic acids is 1. The molecule has 0 heterocycles. The Balaban J connectivity index is 2.39. The van der Waals surface area contributed by atoms with Gasteiger partial charge in [-0.1, -0.05) is 18.9 Å². The number of rotatable bonds is 4. The Bertz CT molecular complexity index is 521. The van der Waals surface area contributed by atoms with Crippen molar-refractivity contribution in [2.24, 2.45) is 0 Å². The van der Waals surface area contributed by atoms with Crippen molar-refractivity contribution >= 4 is 17.3 Å². The van der Waals surface area contributed by atoms with E-state index < -0.39 is 16.4 Å². The molecular formula is C13H16N2O4. The molecule has 1 aromatic carbocycles. The van der Waals surface area contributed by atoms with Crippen molar-refractivity contribution in [1.82, 2.24) is 0 Å². The van der Waals surface area contributed by atoms with Crippen LogP contribution >= 0.6 is 0 Å². The van der Waals surface area contributed by atoms with Crippen molar-refractivity contribution in [1.29, 1.82) is 0 Å². The van der Waals surface area contributed by atoms with Gasteiger partial charge in [-0.2, -0.15) is 0 Å². The van der Waals surface area contributed by atoms with Crippen LogP contribution < -0.4 is 5.32 Å². The molecule has 0 atom stereocenters. The first-order valence-corrected chi connectivity index (χ1v) is 6.21. The van der Waals surface area contributed by atoms with Gasteiger partial charge in [-0.25, -0.2) is 4.79 Å². The van der Waals surface area contributed by atoms with Gasteiger partial charge in [0.2, 0.25) is 0 Å². The minimum Gasteiger partial charge on any atom is -0.480 e. The Morgan fingerprint density at radius 1 is 1.42 bits per heavy atom. The quantitative estimate of drug-likeness (QED) is 0.644. The van der Waals surface area contributed by atoms with E-state index in [1.54, 1.807) is 12.1 Å². The molecule has 0 radical (unpaired) electrons. The lowest BCUT2D eigenvalue weighted by Crippen LogP contribution is -2.43. The first kappa shape index (κ1) is 13.3. The van der Waals surface area contributed by atoms with E-state index >= 15 is 0 Å². The van der Waals surface area contributed by atoms with Crippen LogP contribution in [0.15, 0.2) is 18.2 Å². The third-order valence-corrected chi connectivity index (χ3v) is 3.59. The molecule has 1 aliphatic carbocycles. The number of aliphatic carboxylic acids is 1. The molecule has 0 aliphatic heterocycles. The van der Waals surface area contributed by atoms with Crippen LogP contribution in [-0.4, -0.2) is 21.5 Å². The molecular weight excluding hydrogens is 248 g/mol. The fraction of sp³-hybridized carbons (Fsp3) is 0.462. The fourth-order valence-electron chi connectivity index (χ4n) is 2.54. The summed E-state index contributed by atoms with van der Waals surface area (Å²) in [5, 5.41) is 23.3. The zero-order valence-corrected chi connectivity index (χ0v) is 10.7. The van der Waals surface area contributed by atoms with Gasteiger partial charge in [0.1, 0.15) is 11.2 Å². The molecule has 6 nitrogen and oxygen atoms in total. The molecule has 0 amide bonds. The molecule has 1 aromatic rings. The smallest absolute Gasteiger partial charge is 0.329 e. The molecule has 102 valence electrons. The summed E-state index contributed by atoms with van der Waals surface area (Å²) in [4.78, 5) is 22.0. The van der Waals surface area contributed by atoms with Crippen LogP contribution in [0.4, 0.5) is 11.4 Å². The standard InChI is InChI=1S/C13H16N2O4/c1-9-4-5-11(15(18)19)10(8-9)14-13(12(16)17)6-2-3-7-13/h4-5,8,14H,2-3,6-7H2,1H3,(H,16,17). The molecule has 0 spiro atoms. The van der Waals surface area contributed by atoms with E-state index in [-0.39, 0.29) is 11.4 Å². The summed E-state index contributed by atoms with van der Waals surface area (Å²) >= 11 is 0. The third-order valence-electron chi connectivity index (χ3n) is 3.59. The Morgan fingerprint density at radius 3 is 2.58 bits per heavy atom. The summed E-state index contributed by atoms with van der Waals surface area (Å²) in [6.07, 6.45) is 2.62. The molecule has 19 heavy (non-hydrogen) atoms. The number of aryl methyl sites for hydroxylation is 1. The second kappa shape index (κ2) is 4.87. The summed E-state index contributed by atoms with van der Waals surface area (Å²) in [7, 11) is 0. The lowest BCUT2D eigenvalue weighted by molar-refractivity contribution is -0.384. The number of carbonyl (C=O) groups is 1. The van der Waals surface area contributed by atoms with E-state index in [4.69, 9.17) is 0 Å². The van der Waals surface area contributed by atoms with Crippen LogP contribution in [0.25, 0.3) is 0 Å². The summed E-state index contributed by atoms with van der Waals surface area (Å²) < 4.78 is 0. The molecule has 6 heteroatoms. The number of nitrogens with zero attached hydrogens (tertiary/aromatic N) is 1. The molecule has 2 N–H and O–H groups in total. The first-order chi connectivity index (χ1) is 8.94. The van der Waals surface area contributed by atoms with Gasteiger partial charge in [-0.05, 0) is 31.4 Å². The molecule has 0 saturated heterocycles. The molecule has 1 saturated carbocycles. The van der Waals surface area contributed by atoms with Crippen molar-refractivity contribution in [2.75, 3.05) is 5.32 Å². The predicted octanol–water partition coefficient (Wildman–Crippen LogP) is 2.71. The van der Waals surface area contributed by atoms with Gasteiger partial charge in [-0.3, -0.25) is 10.1 Å². The summed E-state index contributed by atoms with van der Waals surface area (Å²) in [6, 6.07) is 4.68. The summed E-state index contributed by atoms with van der Waals surface area (Å²) in [5.74, 6) is -0.944. The van der Waals surface area contributed by atoms with Gasteiger partial charge in [0, 0.05) is 6.07 Å². The number of benzene rings is 1. The van der Waals surface area contributed by atoms with Crippen LogP contribution in [0.3, 0.4) is 0 Å². The van der Waals surface area contributed by atoms with Crippen LogP contribution in [0.2, 0.25) is 0 Å². The van der Waals surface area contributed by atoms with Crippen LogP contribution in [0, 0.1) is 17.0 Å². The molecule has 2 rings (SSSR count). The number of nitrogens with one attached hydrogen (secondary N) is 1. The number of hydrogen-bond acceptors (Lipinski definition) is 4. The van der Waals surface area contributed by atoms with Crippen LogP contribution in [-0.2, 0) is 4.79 Å². The largest absolute Gasteiger partial charge is 0.480 e. The van der Waals surface area contributed by atoms with Crippen molar-refractivity contribution < 1.29 is 14.8 Å². The second-order valence-corrected chi connectivity index (χ2v) is 5.00. The highest BCUT2D eigenvalue weighted by Crippen LogP contribution is 2.36. The molecule has 1 aliphatic rings. The summed E-state index contributed by atoms with van der Waals surface area (Å²) in [5.41, 5.74) is -0.0162. The highest BCUT2D eigenvalue weighted by Gasteiger charge is 2.42. The highest BCUT2D eigenvalue weighted by molar-refractivity contribution is 5.84.